The minimum absolute atomic E-state index is 0.308. The van der Waals surface area contributed by atoms with E-state index in [0.29, 0.717) is 12.0 Å². The molecule has 0 spiro atoms. The van der Waals surface area contributed by atoms with Crippen molar-refractivity contribution in [2.75, 3.05) is 20.2 Å². The molecule has 1 fully saturated rings. The van der Waals surface area contributed by atoms with Crippen LogP contribution in [-0.4, -0.2) is 31.1 Å². The molecule has 1 unspecified atom stereocenters. The van der Waals surface area contributed by atoms with Gasteiger partial charge in [0, 0.05) is 23.2 Å². The van der Waals surface area contributed by atoms with Gasteiger partial charge in [0.1, 0.15) is 5.75 Å². The highest BCUT2D eigenvalue weighted by Gasteiger charge is 2.22. The first-order valence-corrected chi connectivity index (χ1v) is 7.28. The summed E-state index contributed by atoms with van der Waals surface area (Å²) in [6.07, 6.45) is 2.36. The second kappa shape index (κ2) is 6.60. The molecule has 1 atom stereocenters. The average molecular weight is 283 g/mol. The van der Waals surface area contributed by atoms with E-state index in [1.165, 1.54) is 12.8 Å². The summed E-state index contributed by atoms with van der Waals surface area (Å²) < 4.78 is 5.40. The Balaban J connectivity index is 1.97. The van der Waals surface area contributed by atoms with Gasteiger partial charge in [-0.25, -0.2) is 0 Å². The molecule has 1 aromatic rings. The highest BCUT2D eigenvalue weighted by molar-refractivity contribution is 6.30. The molecule has 1 saturated heterocycles. The number of halogens is 1. The van der Waals surface area contributed by atoms with Crippen molar-refractivity contribution in [3.8, 4) is 5.75 Å². The first-order valence-electron chi connectivity index (χ1n) is 6.90. The second-order valence-corrected chi connectivity index (χ2v) is 5.87. The Morgan fingerprint density at radius 2 is 2.11 bits per heavy atom. The fraction of sp³-hybridized carbons (Fsp3) is 0.600. The molecule has 19 heavy (non-hydrogen) atoms. The Hall–Kier alpha value is -0.770. The number of nitrogens with zero attached hydrogens (tertiary/aromatic N) is 1. The Morgan fingerprint density at radius 3 is 2.68 bits per heavy atom. The number of nitrogens with two attached hydrogens (primary N) is 1. The molecular weight excluding hydrogens is 260 g/mol. The number of likely N-dealkylation sites (tertiary alicyclic amines) is 1. The van der Waals surface area contributed by atoms with E-state index in [4.69, 9.17) is 22.1 Å². The first-order chi connectivity index (χ1) is 9.10. The molecule has 3 nitrogen and oxygen atoms in total. The van der Waals surface area contributed by atoms with Crippen LogP contribution in [0.25, 0.3) is 0 Å². The Kier molecular flexibility index (Phi) is 5.08. The molecule has 106 valence electrons. The Labute approximate surface area is 120 Å². The minimum atomic E-state index is 0.308. The fourth-order valence-electron chi connectivity index (χ4n) is 2.75. The summed E-state index contributed by atoms with van der Waals surface area (Å²) in [7, 11) is 1.70. The lowest BCUT2D eigenvalue weighted by molar-refractivity contribution is 0.164. The van der Waals surface area contributed by atoms with Crippen LogP contribution in [0.15, 0.2) is 18.2 Å². The van der Waals surface area contributed by atoms with Crippen LogP contribution in [-0.2, 0) is 6.54 Å². The molecule has 0 bridgehead atoms. The van der Waals surface area contributed by atoms with E-state index in [2.05, 4.69) is 11.8 Å². The van der Waals surface area contributed by atoms with Crippen LogP contribution in [0.5, 0.6) is 5.75 Å². The molecule has 1 aliphatic rings. The highest BCUT2D eigenvalue weighted by atomic mass is 35.5. The number of piperidine rings is 1. The van der Waals surface area contributed by atoms with Gasteiger partial charge in [-0.1, -0.05) is 11.6 Å². The summed E-state index contributed by atoms with van der Waals surface area (Å²) in [5.41, 5.74) is 7.14. The lowest BCUT2D eigenvalue weighted by atomic mass is 9.91. The van der Waals surface area contributed by atoms with Crippen LogP contribution in [0, 0.1) is 5.92 Å². The van der Waals surface area contributed by atoms with Crippen LogP contribution in [0.3, 0.4) is 0 Å². The first kappa shape index (κ1) is 14.6. The molecular formula is C15H23ClN2O. The van der Waals surface area contributed by atoms with Crippen LogP contribution in [0.4, 0.5) is 0 Å². The van der Waals surface area contributed by atoms with E-state index in [9.17, 15) is 0 Å². The van der Waals surface area contributed by atoms with Crippen molar-refractivity contribution in [2.45, 2.75) is 32.4 Å². The topological polar surface area (TPSA) is 38.5 Å². The Bertz CT molecular complexity index is 415. The molecule has 1 aromatic carbocycles. The van der Waals surface area contributed by atoms with Crippen LogP contribution < -0.4 is 10.5 Å². The smallest absolute Gasteiger partial charge is 0.123 e. The zero-order chi connectivity index (χ0) is 13.8. The average Bonchev–Trinajstić information content (AvgIpc) is 2.39. The van der Waals surface area contributed by atoms with E-state index in [0.717, 1.165) is 36.0 Å². The van der Waals surface area contributed by atoms with E-state index in [1.807, 2.05) is 18.2 Å². The zero-order valence-corrected chi connectivity index (χ0v) is 12.5. The van der Waals surface area contributed by atoms with E-state index >= 15 is 0 Å². The summed E-state index contributed by atoms with van der Waals surface area (Å²) >= 11 is 6.07. The lowest BCUT2D eigenvalue weighted by Gasteiger charge is -2.33. The summed E-state index contributed by atoms with van der Waals surface area (Å²) in [5.74, 6) is 1.58. The third kappa shape index (κ3) is 3.85. The largest absolute Gasteiger partial charge is 0.496 e. The predicted molar refractivity (Wildman–Crippen MR) is 79.7 cm³/mol. The van der Waals surface area contributed by atoms with Crippen LogP contribution in [0.2, 0.25) is 5.02 Å². The predicted octanol–water partition coefficient (Wildman–Crippen LogP) is 2.91. The molecule has 0 aromatic heterocycles. The Morgan fingerprint density at radius 1 is 1.42 bits per heavy atom. The second-order valence-electron chi connectivity index (χ2n) is 5.43. The SMILES string of the molecule is COc1ccc(Cl)cc1CN1CCC(C(C)N)CC1. The van der Waals surface area contributed by atoms with E-state index < -0.39 is 0 Å². The fourth-order valence-corrected chi connectivity index (χ4v) is 2.94. The quantitative estimate of drug-likeness (QED) is 0.923. The number of hydrogen-bond acceptors (Lipinski definition) is 3. The van der Waals surface area contributed by atoms with E-state index in [-0.39, 0.29) is 0 Å². The van der Waals surface area contributed by atoms with Crippen molar-refractivity contribution in [2.24, 2.45) is 11.7 Å². The van der Waals surface area contributed by atoms with Crippen molar-refractivity contribution in [1.29, 1.82) is 0 Å². The third-order valence-corrected chi connectivity index (χ3v) is 4.25. The molecule has 0 amide bonds. The van der Waals surface area contributed by atoms with Gasteiger partial charge in [-0.2, -0.15) is 0 Å². The van der Waals surface area contributed by atoms with Gasteiger partial charge >= 0.3 is 0 Å². The van der Waals surface area contributed by atoms with Gasteiger partial charge in [-0.3, -0.25) is 4.90 Å². The molecule has 0 radical (unpaired) electrons. The van der Waals surface area contributed by atoms with Crippen molar-refractivity contribution >= 4 is 11.6 Å². The number of methoxy groups -OCH3 is 1. The van der Waals surface area contributed by atoms with Gasteiger partial charge in [0.2, 0.25) is 0 Å². The summed E-state index contributed by atoms with van der Waals surface area (Å²) in [5, 5.41) is 0.765. The van der Waals surface area contributed by atoms with Crippen molar-refractivity contribution < 1.29 is 4.74 Å². The minimum Gasteiger partial charge on any atom is -0.496 e. The lowest BCUT2D eigenvalue weighted by Crippen LogP contribution is -2.39. The summed E-state index contributed by atoms with van der Waals surface area (Å²) in [6.45, 7) is 5.21. The molecule has 4 heteroatoms. The van der Waals surface area contributed by atoms with Gasteiger partial charge in [0.05, 0.1) is 7.11 Å². The van der Waals surface area contributed by atoms with Crippen molar-refractivity contribution in [1.82, 2.24) is 4.90 Å². The monoisotopic (exact) mass is 282 g/mol. The van der Waals surface area contributed by atoms with Crippen LogP contribution in [0.1, 0.15) is 25.3 Å². The molecule has 2 rings (SSSR count). The van der Waals surface area contributed by atoms with Gasteiger partial charge in [-0.15, -0.1) is 0 Å². The molecule has 0 aliphatic carbocycles. The summed E-state index contributed by atoms with van der Waals surface area (Å²) in [6, 6.07) is 6.11. The van der Waals surface area contributed by atoms with Crippen LogP contribution >= 0.6 is 11.6 Å². The van der Waals surface area contributed by atoms with Crippen molar-refractivity contribution in [3.05, 3.63) is 28.8 Å². The maximum Gasteiger partial charge on any atom is 0.123 e. The van der Waals surface area contributed by atoms with Gasteiger partial charge in [0.15, 0.2) is 0 Å². The van der Waals surface area contributed by atoms with Gasteiger partial charge in [0.25, 0.3) is 0 Å². The van der Waals surface area contributed by atoms with E-state index in [1.54, 1.807) is 7.11 Å². The van der Waals surface area contributed by atoms with Gasteiger partial charge in [-0.05, 0) is 57.0 Å². The molecule has 1 aliphatic heterocycles. The maximum absolute atomic E-state index is 6.07. The zero-order valence-electron chi connectivity index (χ0n) is 11.7. The normalized spacial score (nSPS) is 19.4. The number of benzene rings is 1. The van der Waals surface area contributed by atoms with Gasteiger partial charge < -0.3 is 10.5 Å². The third-order valence-electron chi connectivity index (χ3n) is 4.01. The molecule has 0 saturated carbocycles. The maximum atomic E-state index is 6.07. The number of hydrogen-bond donors (Lipinski definition) is 1. The standard InChI is InChI=1S/C15H23ClN2O/c1-11(17)12-5-7-18(8-6-12)10-13-9-14(16)3-4-15(13)19-2/h3-4,9,11-12H,5-8,10,17H2,1-2H3. The van der Waals surface area contributed by atoms with Crippen molar-refractivity contribution in [3.63, 3.8) is 0 Å². The highest BCUT2D eigenvalue weighted by Crippen LogP contribution is 2.26. The summed E-state index contributed by atoms with van der Waals surface area (Å²) in [4.78, 5) is 2.45. The number of ether oxygens (including phenoxy) is 1. The molecule has 2 N–H and O–H groups in total. The number of rotatable bonds is 4. The molecule has 1 heterocycles.